The molecule has 0 unspecified atom stereocenters. The summed E-state index contributed by atoms with van der Waals surface area (Å²) in [6.45, 7) is 1.28. The molecule has 0 atom stereocenters. The summed E-state index contributed by atoms with van der Waals surface area (Å²) in [5, 5.41) is 2.79. The van der Waals surface area contributed by atoms with Gasteiger partial charge in [0.25, 0.3) is 0 Å². The molecule has 1 heterocycles. The first-order chi connectivity index (χ1) is 16.0. The molecule has 0 radical (unpaired) electrons. The Hall–Kier alpha value is -3.94. The number of hydrogen-bond acceptors (Lipinski definition) is 3. The van der Waals surface area contributed by atoms with E-state index in [0.29, 0.717) is 26.2 Å². The molecule has 1 aliphatic heterocycles. The van der Waals surface area contributed by atoms with Crippen molar-refractivity contribution in [2.24, 2.45) is 0 Å². The number of carbonyl (C=O) groups excluding carboxylic acids is 2. The maximum Gasteiger partial charge on any atom is 0.325 e. The van der Waals surface area contributed by atoms with Crippen molar-refractivity contribution in [1.82, 2.24) is 10.2 Å². The lowest BCUT2D eigenvalue weighted by molar-refractivity contribution is -0.121. The molecule has 3 aromatic carbocycles. The van der Waals surface area contributed by atoms with Crippen molar-refractivity contribution in [3.63, 3.8) is 0 Å². The minimum atomic E-state index is -1.02. The number of ether oxygens (including phenoxy) is 1. The van der Waals surface area contributed by atoms with Crippen molar-refractivity contribution in [1.29, 1.82) is 0 Å². The summed E-state index contributed by atoms with van der Waals surface area (Å²) < 4.78 is 32.4. The minimum Gasteiger partial charge on any atom is -0.489 e. The SMILES string of the molecule is O=C(CN1CCN(c2ccc(F)c(F)c2)C1=O)NCc1ccc(OCc2ccccc2)cc1. The van der Waals surface area contributed by atoms with Crippen LogP contribution in [-0.2, 0) is 17.9 Å². The number of benzene rings is 3. The number of anilines is 1. The monoisotopic (exact) mass is 451 g/mol. The van der Waals surface area contributed by atoms with E-state index in [4.69, 9.17) is 4.74 Å². The lowest BCUT2D eigenvalue weighted by Gasteiger charge is -2.18. The Balaban J connectivity index is 1.24. The number of nitrogens with one attached hydrogen (secondary N) is 1. The highest BCUT2D eigenvalue weighted by Crippen LogP contribution is 2.22. The van der Waals surface area contributed by atoms with Gasteiger partial charge >= 0.3 is 6.03 Å². The molecule has 0 spiro atoms. The average Bonchev–Trinajstić information content (AvgIpc) is 3.19. The fourth-order valence-corrected chi connectivity index (χ4v) is 3.50. The molecule has 33 heavy (non-hydrogen) atoms. The fraction of sp³-hybridized carbons (Fsp3) is 0.200. The highest BCUT2D eigenvalue weighted by atomic mass is 19.2. The summed E-state index contributed by atoms with van der Waals surface area (Å²) >= 11 is 0. The van der Waals surface area contributed by atoms with Gasteiger partial charge in [0.15, 0.2) is 11.6 Å². The van der Waals surface area contributed by atoms with Gasteiger partial charge in [-0.2, -0.15) is 0 Å². The molecule has 4 rings (SSSR count). The van der Waals surface area contributed by atoms with E-state index in [-0.39, 0.29) is 18.1 Å². The molecule has 8 heteroatoms. The van der Waals surface area contributed by atoms with Gasteiger partial charge in [0, 0.05) is 31.4 Å². The Bertz CT molecular complexity index is 1120. The van der Waals surface area contributed by atoms with Crippen molar-refractivity contribution in [3.05, 3.63) is 95.6 Å². The number of hydrogen-bond donors (Lipinski definition) is 1. The molecule has 0 saturated carbocycles. The van der Waals surface area contributed by atoms with E-state index in [1.807, 2.05) is 54.6 Å². The van der Waals surface area contributed by atoms with Gasteiger partial charge in [-0.1, -0.05) is 42.5 Å². The second-order valence-electron chi connectivity index (χ2n) is 7.65. The van der Waals surface area contributed by atoms with E-state index in [1.54, 1.807) is 0 Å². The normalized spacial score (nSPS) is 13.3. The zero-order valence-electron chi connectivity index (χ0n) is 17.8. The number of halogens is 2. The van der Waals surface area contributed by atoms with E-state index in [9.17, 15) is 18.4 Å². The Kier molecular flexibility index (Phi) is 6.83. The lowest BCUT2D eigenvalue weighted by atomic mass is 10.2. The van der Waals surface area contributed by atoms with Gasteiger partial charge in [0.05, 0.1) is 0 Å². The lowest BCUT2D eigenvalue weighted by Crippen LogP contribution is -2.39. The summed E-state index contributed by atoms with van der Waals surface area (Å²) in [7, 11) is 0. The summed E-state index contributed by atoms with van der Waals surface area (Å²) in [4.78, 5) is 27.6. The second kappa shape index (κ2) is 10.1. The number of urea groups is 1. The molecule has 1 aliphatic rings. The van der Waals surface area contributed by atoms with Crippen LogP contribution < -0.4 is 15.0 Å². The highest BCUT2D eigenvalue weighted by Gasteiger charge is 2.31. The zero-order chi connectivity index (χ0) is 23.2. The van der Waals surface area contributed by atoms with Crippen molar-refractivity contribution in [2.45, 2.75) is 13.2 Å². The third kappa shape index (κ3) is 5.65. The van der Waals surface area contributed by atoms with Crippen LogP contribution in [0.1, 0.15) is 11.1 Å². The predicted octanol–water partition coefficient (Wildman–Crippen LogP) is 4.10. The van der Waals surface area contributed by atoms with Gasteiger partial charge in [-0.05, 0) is 35.4 Å². The Morgan fingerprint density at radius 2 is 1.67 bits per heavy atom. The molecule has 170 valence electrons. The molecular formula is C25H23F2N3O3. The van der Waals surface area contributed by atoms with Gasteiger partial charge in [0.2, 0.25) is 5.91 Å². The summed E-state index contributed by atoms with van der Waals surface area (Å²) in [5.74, 6) is -1.57. The quantitative estimate of drug-likeness (QED) is 0.561. The summed E-state index contributed by atoms with van der Waals surface area (Å²) in [6.07, 6.45) is 0. The molecule has 1 saturated heterocycles. The van der Waals surface area contributed by atoms with Gasteiger partial charge in [-0.25, -0.2) is 13.6 Å². The Labute approximate surface area is 190 Å². The number of carbonyl (C=O) groups is 2. The van der Waals surface area contributed by atoms with Crippen molar-refractivity contribution in [2.75, 3.05) is 24.5 Å². The molecular weight excluding hydrogens is 428 g/mol. The van der Waals surface area contributed by atoms with Gasteiger partial charge in [-0.3, -0.25) is 9.69 Å². The van der Waals surface area contributed by atoms with Gasteiger partial charge < -0.3 is 15.0 Å². The number of nitrogens with zero attached hydrogens (tertiary/aromatic N) is 2. The maximum absolute atomic E-state index is 13.5. The summed E-state index contributed by atoms with van der Waals surface area (Å²) in [6, 6.07) is 20.1. The van der Waals surface area contributed by atoms with E-state index < -0.39 is 17.7 Å². The molecule has 6 nitrogen and oxygen atoms in total. The van der Waals surface area contributed by atoms with Crippen LogP contribution in [0.4, 0.5) is 19.3 Å². The van der Waals surface area contributed by atoms with E-state index in [1.165, 1.54) is 15.9 Å². The average molecular weight is 451 g/mol. The van der Waals surface area contributed by atoms with Crippen molar-refractivity contribution >= 4 is 17.6 Å². The fourth-order valence-electron chi connectivity index (χ4n) is 3.50. The Morgan fingerprint density at radius 3 is 2.39 bits per heavy atom. The largest absolute Gasteiger partial charge is 0.489 e. The van der Waals surface area contributed by atoms with Crippen LogP contribution in [0.3, 0.4) is 0 Å². The molecule has 1 N–H and O–H groups in total. The van der Waals surface area contributed by atoms with E-state index >= 15 is 0 Å². The number of amides is 3. The van der Waals surface area contributed by atoms with Gasteiger partial charge in [-0.15, -0.1) is 0 Å². The summed E-state index contributed by atoms with van der Waals surface area (Å²) in [5.41, 5.74) is 2.23. The second-order valence-corrected chi connectivity index (χ2v) is 7.65. The van der Waals surface area contributed by atoms with Crippen LogP contribution in [0.5, 0.6) is 5.75 Å². The standard InChI is InChI=1S/C25H23F2N3O3/c26-22-11-8-20(14-23(22)27)30-13-12-29(25(30)32)16-24(31)28-15-18-6-9-21(10-7-18)33-17-19-4-2-1-3-5-19/h1-11,14H,12-13,15-17H2,(H,28,31). The minimum absolute atomic E-state index is 0.114. The molecule has 3 amide bonds. The van der Waals surface area contributed by atoms with Crippen LogP contribution in [0.15, 0.2) is 72.8 Å². The van der Waals surface area contributed by atoms with Crippen LogP contribution in [0.2, 0.25) is 0 Å². The van der Waals surface area contributed by atoms with Gasteiger partial charge in [0.1, 0.15) is 18.9 Å². The predicted molar refractivity (Wildman–Crippen MR) is 120 cm³/mol. The topological polar surface area (TPSA) is 61.9 Å². The molecule has 3 aromatic rings. The first-order valence-electron chi connectivity index (χ1n) is 10.5. The van der Waals surface area contributed by atoms with Crippen LogP contribution >= 0.6 is 0 Å². The maximum atomic E-state index is 13.5. The van der Waals surface area contributed by atoms with E-state index in [0.717, 1.165) is 29.0 Å². The third-order valence-corrected chi connectivity index (χ3v) is 5.31. The van der Waals surface area contributed by atoms with Crippen molar-refractivity contribution in [3.8, 4) is 5.75 Å². The van der Waals surface area contributed by atoms with Crippen LogP contribution in [0, 0.1) is 11.6 Å². The first-order valence-corrected chi connectivity index (χ1v) is 10.5. The van der Waals surface area contributed by atoms with Crippen molar-refractivity contribution < 1.29 is 23.1 Å². The molecule has 1 fully saturated rings. The Morgan fingerprint density at radius 1 is 0.909 bits per heavy atom. The smallest absolute Gasteiger partial charge is 0.325 e. The number of rotatable bonds is 8. The highest BCUT2D eigenvalue weighted by molar-refractivity contribution is 5.96. The zero-order valence-corrected chi connectivity index (χ0v) is 17.8. The molecule has 0 aromatic heterocycles. The van der Waals surface area contributed by atoms with Crippen LogP contribution in [-0.4, -0.2) is 36.5 Å². The first kappa shape index (κ1) is 22.3. The van der Waals surface area contributed by atoms with E-state index in [2.05, 4.69) is 5.32 Å². The molecule has 0 bridgehead atoms. The third-order valence-electron chi connectivity index (χ3n) is 5.31. The van der Waals surface area contributed by atoms with Crippen LogP contribution in [0.25, 0.3) is 0 Å². The molecule has 0 aliphatic carbocycles.